The Bertz CT molecular complexity index is 232. The number of nitrogens with zero attached hydrogens (tertiary/aromatic N) is 1. The van der Waals surface area contributed by atoms with Crippen molar-refractivity contribution >= 4 is 23.4 Å². The Morgan fingerprint density at radius 1 is 1.50 bits per heavy atom. The third kappa shape index (κ3) is 4.16. The van der Waals surface area contributed by atoms with Crippen LogP contribution in [0.5, 0.6) is 0 Å². The molecule has 0 bridgehead atoms. The molecule has 0 amide bonds. The molecule has 1 aromatic rings. The van der Waals surface area contributed by atoms with Gasteiger partial charge in [0.25, 0.3) is 0 Å². The number of halogens is 2. The Morgan fingerprint density at radius 3 is 2.83 bits per heavy atom. The minimum absolute atomic E-state index is 0. The first-order chi connectivity index (χ1) is 5.33. The lowest BCUT2D eigenvalue weighted by Crippen LogP contribution is -3.00. The molecule has 0 spiro atoms. The Labute approximate surface area is 87.3 Å². The van der Waals surface area contributed by atoms with E-state index in [0.29, 0.717) is 5.15 Å². The number of aromatic nitrogens is 1. The Kier molecular flexibility index (Phi) is 6.57. The lowest BCUT2D eigenvalue weighted by atomic mass is 10.5. The van der Waals surface area contributed by atoms with Crippen LogP contribution in [0.25, 0.3) is 0 Å². The van der Waals surface area contributed by atoms with E-state index in [1.54, 1.807) is 17.8 Å². The Balaban J connectivity index is 0.00000121. The third-order valence-corrected chi connectivity index (χ3v) is 2.31. The van der Waals surface area contributed by atoms with E-state index in [9.17, 15) is 0 Å². The van der Waals surface area contributed by atoms with Gasteiger partial charge in [0, 0.05) is 5.75 Å². The average molecular weight is 225 g/mol. The van der Waals surface area contributed by atoms with Gasteiger partial charge >= 0.3 is 0 Å². The van der Waals surface area contributed by atoms with Gasteiger partial charge in [0.15, 0.2) is 0 Å². The number of rotatable bonds is 3. The number of thioether (sulfide) groups is 1. The first-order valence-electron chi connectivity index (χ1n) is 3.37. The highest BCUT2D eigenvalue weighted by Crippen LogP contribution is 2.15. The molecule has 2 nitrogen and oxygen atoms in total. The maximum absolute atomic E-state index is 5.68. The van der Waals surface area contributed by atoms with E-state index < -0.39 is 0 Å². The molecule has 0 radical (unpaired) electrons. The van der Waals surface area contributed by atoms with Crippen LogP contribution in [0.3, 0.4) is 0 Å². The molecule has 0 aliphatic rings. The van der Waals surface area contributed by atoms with Crippen molar-refractivity contribution in [1.82, 2.24) is 4.98 Å². The van der Waals surface area contributed by atoms with E-state index in [0.717, 1.165) is 17.3 Å². The van der Waals surface area contributed by atoms with Crippen molar-refractivity contribution in [2.75, 3.05) is 12.3 Å². The van der Waals surface area contributed by atoms with Gasteiger partial charge in [0.1, 0.15) is 5.15 Å². The van der Waals surface area contributed by atoms with Crippen LogP contribution >= 0.6 is 23.4 Å². The minimum atomic E-state index is 0. The van der Waals surface area contributed by atoms with Crippen LogP contribution in [0.4, 0.5) is 0 Å². The first-order valence-corrected chi connectivity index (χ1v) is 4.74. The first kappa shape index (κ1) is 12.0. The van der Waals surface area contributed by atoms with E-state index in [1.807, 2.05) is 12.1 Å². The lowest BCUT2D eigenvalue weighted by molar-refractivity contribution is -0.360. The van der Waals surface area contributed by atoms with Crippen molar-refractivity contribution in [3.05, 3.63) is 23.4 Å². The second kappa shape index (κ2) is 6.54. The molecule has 0 fully saturated rings. The number of hydrogen-bond donors (Lipinski definition) is 1. The molecule has 0 saturated heterocycles. The summed E-state index contributed by atoms with van der Waals surface area (Å²) in [5, 5.41) is 1.53. The van der Waals surface area contributed by atoms with Crippen LogP contribution in [0.15, 0.2) is 23.2 Å². The van der Waals surface area contributed by atoms with Crippen LogP contribution in [-0.2, 0) is 0 Å². The van der Waals surface area contributed by atoms with Gasteiger partial charge in [0.2, 0.25) is 0 Å². The highest BCUT2D eigenvalue weighted by molar-refractivity contribution is 7.99. The van der Waals surface area contributed by atoms with Crippen molar-refractivity contribution in [2.45, 2.75) is 5.03 Å². The van der Waals surface area contributed by atoms with Gasteiger partial charge in [-0.3, -0.25) is 0 Å². The predicted octanol–water partition coefficient (Wildman–Crippen LogP) is -1.93. The van der Waals surface area contributed by atoms with E-state index in [-0.39, 0.29) is 12.4 Å². The van der Waals surface area contributed by atoms with Gasteiger partial charge in [-0.05, 0) is 12.1 Å². The van der Waals surface area contributed by atoms with E-state index >= 15 is 0 Å². The SMILES string of the molecule is [Cl-].[NH3+]CCSc1cccc(Cl)n1. The summed E-state index contributed by atoms with van der Waals surface area (Å²) in [4.78, 5) is 4.11. The summed E-state index contributed by atoms with van der Waals surface area (Å²) in [7, 11) is 0. The van der Waals surface area contributed by atoms with E-state index in [2.05, 4.69) is 10.7 Å². The summed E-state index contributed by atoms with van der Waals surface area (Å²) < 4.78 is 0. The topological polar surface area (TPSA) is 40.5 Å². The molecular formula is C7H10Cl2N2S. The van der Waals surface area contributed by atoms with Crippen LogP contribution in [0.2, 0.25) is 5.15 Å². The maximum Gasteiger partial charge on any atom is 0.130 e. The average Bonchev–Trinajstić information content (AvgIpc) is 2.01. The van der Waals surface area contributed by atoms with Crippen molar-refractivity contribution in [2.24, 2.45) is 0 Å². The van der Waals surface area contributed by atoms with E-state index in [1.165, 1.54) is 0 Å². The third-order valence-electron chi connectivity index (χ3n) is 1.08. The minimum Gasteiger partial charge on any atom is -1.00 e. The van der Waals surface area contributed by atoms with Crippen molar-refractivity contribution in [1.29, 1.82) is 0 Å². The molecule has 0 atom stereocenters. The second-order valence-electron chi connectivity index (χ2n) is 2.00. The van der Waals surface area contributed by atoms with Crippen LogP contribution < -0.4 is 18.1 Å². The molecule has 0 aliphatic heterocycles. The lowest BCUT2D eigenvalue weighted by Gasteiger charge is -1.96. The van der Waals surface area contributed by atoms with Crippen LogP contribution in [0.1, 0.15) is 0 Å². The highest BCUT2D eigenvalue weighted by Gasteiger charge is 1.95. The van der Waals surface area contributed by atoms with Crippen molar-refractivity contribution < 1.29 is 18.1 Å². The van der Waals surface area contributed by atoms with Gasteiger partial charge in [0.05, 0.1) is 11.6 Å². The Morgan fingerprint density at radius 2 is 2.25 bits per heavy atom. The molecule has 3 N–H and O–H groups in total. The molecular weight excluding hydrogens is 215 g/mol. The molecule has 5 heteroatoms. The summed E-state index contributed by atoms with van der Waals surface area (Å²) in [5.41, 5.74) is 3.74. The summed E-state index contributed by atoms with van der Waals surface area (Å²) in [6.07, 6.45) is 0. The summed E-state index contributed by atoms with van der Waals surface area (Å²) in [6, 6.07) is 5.63. The maximum atomic E-state index is 5.68. The number of pyridine rings is 1. The fraction of sp³-hybridized carbons (Fsp3) is 0.286. The zero-order valence-corrected chi connectivity index (χ0v) is 8.79. The summed E-state index contributed by atoms with van der Waals surface area (Å²) >= 11 is 7.36. The standard InChI is InChI=1S/C7H9ClN2S.ClH/c8-6-2-1-3-7(10-6)11-5-4-9;/h1-3H,4-5,9H2;1H. The van der Waals surface area contributed by atoms with Gasteiger partial charge in [-0.15, -0.1) is 11.8 Å². The quantitative estimate of drug-likeness (QED) is 0.481. The fourth-order valence-electron chi connectivity index (χ4n) is 0.647. The number of quaternary nitrogens is 1. The molecule has 1 aromatic heterocycles. The molecule has 12 heavy (non-hydrogen) atoms. The molecule has 0 saturated carbocycles. The molecule has 1 heterocycles. The highest BCUT2D eigenvalue weighted by atomic mass is 35.5. The fourth-order valence-corrected chi connectivity index (χ4v) is 1.55. The summed E-state index contributed by atoms with van der Waals surface area (Å²) in [5.74, 6) is 0.993. The Hall–Kier alpha value is 0.0400. The molecule has 1 rings (SSSR count). The van der Waals surface area contributed by atoms with Gasteiger partial charge < -0.3 is 18.1 Å². The van der Waals surface area contributed by atoms with Crippen LogP contribution in [-0.4, -0.2) is 17.3 Å². The molecule has 0 aromatic carbocycles. The summed E-state index contributed by atoms with van der Waals surface area (Å²) in [6.45, 7) is 0.916. The molecule has 68 valence electrons. The zero-order valence-electron chi connectivity index (χ0n) is 6.46. The van der Waals surface area contributed by atoms with Gasteiger partial charge in [-0.25, -0.2) is 4.98 Å². The van der Waals surface area contributed by atoms with Crippen LogP contribution in [0, 0.1) is 0 Å². The molecule has 0 aliphatic carbocycles. The largest absolute Gasteiger partial charge is 1.00 e. The zero-order chi connectivity index (χ0) is 8.10. The van der Waals surface area contributed by atoms with E-state index in [4.69, 9.17) is 11.6 Å². The number of hydrogen-bond acceptors (Lipinski definition) is 2. The molecule has 0 unspecified atom stereocenters. The van der Waals surface area contributed by atoms with Gasteiger partial charge in [-0.2, -0.15) is 0 Å². The predicted molar refractivity (Wildman–Crippen MR) is 47.7 cm³/mol. The smallest absolute Gasteiger partial charge is 0.130 e. The van der Waals surface area contributed by atoms with Crippen molar-refractivity contribution in [3.63, 3.8) is 0 Å². The van der Waals surface area contributed by atoms with Gasteiger partial charge in [-0.1, -0.05) is 17.7 Å². The van der Waals surface area contributed by atoms with Crippen molar-refractivity contribution in [3.8, 4) is 0 Å². The second-order valence-corrected chi connectivity index (χ2v) is 3.50. The normalized spacial score (nSPS) is 9.17. The monoisotopic (exact) mass is 224 g/mol.